The van der Waals surface area contributed by atoms with Gasteiger partial charge in [-0.2, -0.15) is 5.10 Å². The van der Waals surface area contributed by atoms with Gasteiger partial charge >= 0.3 is 0 Å². The van der Waals surface area contributed by atoms with Crippen LogP contribution in [0.1, 0.15) is 38.4 Å². The van der Waals surface area contributed by atoms with Gasteiger partial charge in [-0.1, -0.05) is 0 Å². The second-order valence-corrected chi connectivity index (χ2v) is 6.74. The lowest BCUT2D eigenvalue weighted by molar-refractivity contribution is -0.119. The summed E-state index contributed by atoms with van der Waals surface area (Å²) in [6.07, 6.45) is 0.960. The Labute approximate surface area is 126 Å². The number of nitrogens with one attached hydrogen (secondary N) is 2. The van der Waals surface area contributed by atoms with Crippen LogP contribution in [0.25, 0.3) is 0 Å². The molecule has 0 atom stereocenters. The molecule has 1 aromatic rings. The summed E-state index contributed by atoms with van der Waals surface area (Å²) < 4.78 is 1.90. The number of aryl methyl sites for hydroxylation is 2. The van der Waals surface area contributed by atoms with Crippen molar-refractivity contribution in [2.24, 2.45) is 7.05 Å². The summed E-state index contributed by atoms with van der Waals surface area (Å²) in [5, 5.41) is 11.0. The predicted molar refractivity (Wildman–Crippen MR) is 84.4 cm³/mol. The van der Waals surface area contributed by atoms with Crippen molar-refractivity contribution in [2.75, 3.05) is 24.5 Å². The van der Waals surface area contributed by atoms with Crippen molar-refractivity contribution < 1.29 is 4.79 Å². The number of amides is 1. The molecule has 0 saturated carbocycles. The second-order valence-electron chi connectivity index (χ2n) is 6.74. The molecule has 1 aliphatic heterocycles. The monoisotopic (exact) mass is 293 g/mol. The molecular weight excluding hydrogens is 266 g/mol. The largest absolute Gasteiger partial charge is 0.354 e. The van der Waals surface area contributed by atoms with Gasteiger partial charge < -0.3 is 15.5 Å². The number of hydrogen-bond donors (Lipinski definition) is 2. The first kappa shape index (κ1) is 15.8. The Bertz CT molecular complexity index is 515. The maximum atomic E-state index is 11.8. The highest BCUT2D eigenvalue weighted by atomic mass is 16.2. The number of rotatable bonds is 3. The van der Waals surface area contributed by atoms with Gasteiger partial charge in [-0.25, -0.2) is 0 Å². The van der Waals surface area contributed by atoms with Crippen LogP contribution in [0.4, 0.5) is 5.82 Å². The van der Waals surface area contributed by atoms with Gasteiger partial charge in [-0.3, -0.25) is 9.48 Å². The van der Waals surface area contributed by atoms with E-state index in [9.17, 15) is 4.79 Å². The Morgan fingerprint density at radius 1 is 1.38 bits per heavy atom. The molecule has 1 saturated heterocycles. The molecule has 1 amide bonds. The van der Waals surface area contributed by atoms with E-state index in [0.29, 0.717) is 6.54 Å². The summed E-state index contributed by atoms with van der Waals surface area (Å²) in [6.45, 7) is 11.3. The van der Waals surface area contributed by atoms with E-state index in [-0.39, 0.29) is 11.4 Å². The molecule has 6 nitrogen and oxygen atoms in total. The first-order valence-corrected chi connectivity index (χ1v) is 7.57. The molecule has 1 aliphatic rings. The van der Waals surface area contributed by atoms with E-state index >= 15 is 0 Å². The van der Waals surface area contributed by atoms with Crippen LogP contribution >= 0.6 is 0 Å². The number of aromatic nitrogens is 2. The molecule has 21 heavy (non-hydrogen) atoms. The fraction of sp³-hybridized carbons (Fsp3) is 0.733. The summed E-state index contributed by atoms with van der Waals surface area (Å²) in [4.78, 5) is 14.0. The van der Waals surface area contributed by atoms with Crippen molar-refractivity contribution in [3.63, 3.8) is 0 Å². The van der Waals surface area contributed by atoms with Gasteiger partial charge in [0, 0.05) is 37.8 Å². The zero-order valence-corrected chi connectivity index (χ0v) is 13.8. The Hall–Kier alpha value is -1.56. The zero-order chi connectivity index (χ0) is 15.6. The van der Waals surface area contributed by atoms with Crippen LogP contribution in [-0.2, 0) is 18.4 Å². The van der Waals surface area contributed by atoms with Crippen molar-refractivity contribution >= 4 is 11.7 Å². The molecule has 1 fully saturated rings. The standard InChI is InChI=1S/C15H27N5O/c1-11-12(9-17-15(2,3)4)14(19(5)18-11)20-8-6-7-16-13(21)10-20/h17H,6-10H2,1-5H3,(H,16,21). The van der Waals surface area contributed by atoms with Gasteiger partial charge in [0.2, 0.25) is 5.91 Å². The minimum atomic E-state index is 0.0513. The SMILES string of the molecule is Cc1nn(C)c(N2CCCNC(=O)C2)c1CNC(C)(C)C. The molecule has 2 heterocycles. The first-order chi connectivity index (χ1) is 9.78. The summed E-state index contributed by atoms with van der Waals surface area (Å²) in [6, 6.07) is 0. The molecule has 118 valence electrons. The van der Waals surface area contributed by atoms with E-state index in [1.807, 2.05) is 18.7 Å². The summed E-state index contributed by atoms with van der Waals surface area (Å²) >= 11 is 0. The van der Waals surface area contributed by atoms with Gasteiger partial charge in [0.05, 0.1) is 12.2 Å². The molecule has 0 aromatic carbocycles. The van der Waals surface area contributed by atoms with Gasteiger partial charge in [-0.15, -0.1) is 0 Å². The zero-order valence-electron chi connectivity index (χ0n) is 13.8. The molecule has 1 aromatic heterocycles. The minimum absolute atomic E-state index is 0.0513. The highest BCUT2D eigenvalue weighted by molar-refractivity contribution is 5.81. The Morgan fingerprint density at radius 2 is 2.10 bits per heavy atom. The normalized spacial score (nSPS) is 16.8. The van der Waals surface area contributed by atoms with Crippen LogP contribution in [0.15, 0.2) is 0 Å². The molecule has 0 aliphatic carbocycles. The predicted octanol–water partition coefficient (Wildman–Crippen LogP) is 0.943. The number of hydrogen-bond acceptors (Lipinski definition) is 4. The number of carbonyl (C=O) groups is 1. The molecule has 2 N–H and O–H groups in total. The third-order valence-corrected chi connectivity index (χ3v) is 3.67. The van der Waals surface area contributed by atoms with Crippen LogP contribution in [0.2, 0.25) is 0 Å². The quantitative estimate of drug-likeness (QED) is 0.871. The third kappa shape index (κ3) is 3.97. The molecule has 0 bridgehead atoms. The lowest BCUT2D eigenvalue weighted by Crippen LogP contribution is -2.37. The van der Waals surface area contributed by atoms with Gasteiger partial charge in [0.15, 0.2) is 0 Å². The van der Waals surface area contributed by atoms with Gasteiger partial charge in [0.25, 0.3) is 0 Å². The van der Waals surface area contributed by atoms with Crippen molar-refractivity contribution in [3.05, 3.63) is 11.3 Å². The Kier molecular flexibility index (Phi) is 4.56. The fourth-order valence-electron chi connectivity index (χ4n) is 2.63. The molecule has 0 radical (unpaired) electrons. The maximum Gasteiger partial charge on any atom is 0.239 e. The van der Waals surface area contributed by atoms with Crippen LogP contribution in [-0.4, -0.2) is 40.9 Å². The third-order valence-electron chi connectivity index (χ3n) is 3.67. The molecule has 0 unspecified atom stereocenters. The molecule has 6 heteroatoms. The van der Waals surface area contributed by atoms with E-state index in [4.69, 9.17) is 0 Å². The summed E-state index contributed by atoms with van der Waals surface area (Å²) in [5.74, 6) is 1.14. The van der Waals surface area contributed by atoms with Crippen LogP contribution in [0.5, 0.6) is 0 Å². The minimum Gasteiger partial charge on any atom is -0.354 e. The average molecular weight is 293 g/mol. The Morgan fingerprint density at radius 3 is 2.76 bits per heavy atom. The van der Waals surface area contributed by atoms with Crippen LogP contribution < -0.4 is 15.5 Å². The summed E-state index contributed by atoms with van der Waals surface area (Å²) in [7, 11) is 1.95. The van der Waals surface area contributed by atoms with E-state index in [2.05, 4.69) is 41.4 Å². The van der Waals surface area contributed by atoms with Crippen molar-refractivity contribution in [2.45, 2.75) is 46.2 Å². The lowest BCUT2D eigenvalue weighted by atomic mass is 10.1. The molecular formula is C15H27N5O. The van der Waals surface area contributed by atoms with E-state index in [0.717, 1.165) is 37.6 Å². The number of carbonyl (C=O) groups excluding carboxylic acids is 1. The topological polar surface area (TPSA) is 62.2 Å². The fourth-order valence-corrected chi connectivity index (χ4v) is 2.63. The van der Waals surface area contributed by atoms with Crippen molar-refractivity contribution in [1.29, 1.82) is 0 Å². The summed E-state index contributed by atoms with van der Waals surface area (Å²) in [5.41, 5.74) is 2.26. The smallest absolute Gasteiger partial charge is 0.239 e. The molecule has 2 rings (SSSR count). The second kappa shape index (κ2) is 6.05. The number of anilines is 1. The van der Waals surface area contributed by atoms with E-state index in [1.165, 1.54) is 5.56 Å². The van der Waals surface area contributed by atoms with Crippen LogP contribution in [0.3, 0.4) is 0 Å². The molecule has 0 spiro atoms. The Balaban J connectivity index is 2.27. The lowest BCUT2D eigenvalue weighted by Gasteiger charge is -2.25. The maximum absolute atomic E-state index is 11.8. The van der Waals surface area contributed by atoms with Crippen molar-refractivity contribution in [1.82, 2.24) is 20.4 Å². The van der Waals surface area contributed by atoms with E-state index < -0.39 is 0 Å². The van der Waals surface area contributed by atoms with Gasteiger partial charge in [0.1, 0.15) is 5.82 Å². The van der Waals surface area contributed by atoms with Crippen LogP contribution in [0, 0.1) is 6.92 Å². The number of nitrogens with zero attached hydrogens (tertiary/aromatic N) is 3. The highest BCUT2D eigenvalue weighted by Gasteiger charge is 2.23. The highest BCUT2D eigenvalue weighted by Crippen LogP contribution is 2.24. The van der Waals surface area contributed by atoms with Gasteiger partial charge in [-0.05, 0) is 34.1 Å². The van der Waals surface area contributed by atoms with E-state index in [1.54, 1.807) is 0 Å². The van der Waals surface area contributed by atoms with Crippen molar-refractivity contribution in [3.8, 4) is 0 Å². The average Bonchev–Trinajstić information content (AvgIpc) is 2.52. The first-order valence-electron chi connectivity index (χ1n) is 7.57.